The molecule has 3 heterocycles. The predicted molar refractivity (Wildman–Crippen MR) is 102 cm³/mol. The molecule has 0 aliphatic carbocycles. The van der Waals surface area contributed by atoms with Gasteiger partial charge in [-0.2, -0.15) is 0 Å². The smallest absolute Gasteiger partial charge is 0.269 e. The van der Waals surface area contributed by atoms with Crippen LogP contribution in [-0.2, 0) is 18.0 Å². The van der Waals surface area contributed by atoms with Gasteiger partial charge in [0.2, 0.25) is 0 Å². The summed E-state index contributed by atoms with van der Waals surface area (Å²) < 4.78 is 16.1. The lowest BCUT2D eigenvalue weighted by atomic mass is 10.1. The van der Waals surface area contributed by atoms with Gasteiger partial charge in [-0.05, 0) is 24.3 Å². The van der Waals surface area contributed by atoms with Crippen molar-refractivity contribution >= 4 is 17.3 Å². The van der Waals surface area contributed by atoms with Crippen molar-refractivity contribution in [3.63, 3.8) is 0 Å². The molecule has 0 saturated heterocycles. The summed E-state index contributed by atoms with van der Waals surface area (Å²) in [5.74, 6) is 1.03. The van der Waals surface area contributed by atoms with Gasteiger partial charge in [0.15, 0.2) is 11.5 Å². The van der Waals surface area contributed by atoms with E-state index in [1.807, 2.05) is 0 Å². The Morgan fingerprint density at radius 2 is 1.66 bits per heavy atom. The van der Waals surface area contributed by atoms with Crippen molar-refractivity contribution in [1.29, 1.82) is 0 Å². The number of nitro groups is 1. The van der Waals surface area contributed by atoms with Crippen molar-refractivity contribution in [2.45, 2.75) is 13.2 Å². The second-order valence-electron chi connectivity index (χ2n) is 6.00. The van der Waals surface area contributed by atoms with Crippen molar-refractivity contribution in [1.82, 2.24) is 15.3 Å². The summed E-state index contributed by atoms with van der Waals surface area (Å²) in [6.45, 7) is 0.349. The monoisotopic (exact) mass is 412 g/mol. The van der Waals surface area contributed by atoms with Crippen LogP contribution in [0.3, 0.4) is 0 Å². The summed E-state index contributed by atoms with van der Waals surface area (Å²) in [7, 11) is 0. The maximum atomic E-state index is 10.7. The fourth-order valence-electron chi connectivity index (χ4n) is 2.61. The van der Waals surface area contributed by atoms with Crippen molar-refractivity contribution in [3.05, 3.63) is 81.5 Å². The number of pyridine rings is 1. The Labute approximate surface area is 169 Å². The molecule has 0 saturated carbocycles. The normalized spacial score (nSPS) is 10.9. The quantitative estimate of drug-likeness (QED) is 0.244. The third-order valence-corrected chi connectivity index (χ3v) is 4.32. The number of hydrogen-bond acceptors (Lipinski definition) is 8. The van der Waals surface area contributed by atoms with Gasteiger partial charge in [0.25, 0.3) is 5.69 Å². The molecule has 4 aromatic rings. The van der Waals surface area contributed by atoms with E-state index in [9.17, 15) is 10.1 Å². The lowest BCUT2D eigenvalue weighted by Gasteiger charge is -1.97. The zero-order valence-electron chi connectivity index (χ0n) is 14.8. The van der Waals surface area contributed by atoms with Gasteiger partial charge in [0.05, 0.1) is 4.92 Å². The highest BCUT2D eigenvalue weighted by Gasteiger charge is 2.12. The molecular formula is C19H13ClN4O5. The molecule has 1 aromatic carbocycles. The number of nitro benzene ring substituents is 1. The Kier molecular flexibility index (Phi) is 5.32. The largest absolute Gasteiger partial charge is 0.365 e. The molecule has 0 fully saturated rings. The minimum atomic E-state index is -0.455. The molecule has 0 atom stereocenters. The maximum Gasteiger partial charge on any atom is 0.269 e. The number of benzene rings is 1. The van der Waals surface area contributed by atoms with Crippen LogP contribution in [0.2, 0.25) is 5.15 Å². The molecule has 0 N–H and O–H groups in total. The molecule has 146 valence electrons. The van der Waals surface area contributed by atoms with E-state index in [4.69, 9.17) is 25.4 Å². The van der Waals surface area contributed by atoms with E-state index < -0.39 is 4.92 Å². The average Bonchev–Trinajstić information content (AvgIpc) is 3.38. The molecule has 0 unspecified atom stereocenters. The van der Waals surface area contributed by atoms with E-state index in [-0.39, 0.29) is 18.9 Å². The zero-order chi connectivity index (χ0) is 20.2. The number of rotatable bonds is 7. The van der Waals surface area contributed by atoms with Crippen LogP contribution in [0.15, 0.2) is 63.8 Å². The van der Waals surface area contributed by atoms with Gasteiger partial charge in [-0.25, -0.2) is 4.98 Å². The van der Waals surface area contributed by atoms with E-state index in [1.54, 1.807) is 42.6 Å². The van der Waals surface area contributed by atoms with Crippen molar-refractivity contribution < 1.29 is 18.7 Å². The third-order valence-electron chi connectivity index (χ3n) is 4.02. The van der Waals surface area contributed by atoms with Crippen LogP contribution >= 0.6 is 11.6 Å². The molecule has 0 bridgehead atoms. The molecule has 4 rings (SSSR count). The number of nitrogens with zero attached hydrogens (tertiary/aromatic N) is 4. The van der Waals surface area contributed by atoms with E-state index in [2.05, 4.69) is 15.3 Å². The predicted octanol–water partition coefficient (Wildman–Crippen LogP) is 4.67. The molecule has 29 heavy (non-hydrogen) atoms. The van der Waals surface area contributed by atoms with Gasteiger partial charge in [0, 0.05) is 41.6 Å². The maximum absolute atomic E-state index is 10.7. The second kappa shape index (κ2) is 8.21. The van der Waals surface area contributed by atoms with E-state index >= 15 is 0 Å². The number of hydrogen-bond donors (Lipinski definition) is 0. The summed E-state index contributed by atoms with van der Waals surface area (Å²) in [6, 6.07) is 13.0. The van der Waals surface area contributed by atoms with E-state index in [0.717, 1.165) is 0 Å². The average molecular weight is 413 g/mol. The highest BCUT2D eigenvalue weighted by Crippen LogP contribution is 2.26. The summed E-state index contributed by atoms with van der Waals surface area (Å²) in [5.41, 5.74) is 2.53. The molecule has 3 aromatic heterocycles. The van der Waals surface area contributed by atoms with Gasteiger partial charge in [-0.15, -0.1) is 0 Å². The SMILES string of the molecule is O=[N+]([O-])c1ccc(-c2cc(COCc3cc(-c4cccnc4Cl)no3)on2)cc1. The highest BCUT2D eigenvalue weighted by atomic mass is 35.5. The lowest BCUT2D eigenvalue weighted by molar-refractivity contribution is -0.384. The molecule has 0 aliphatic rings. The zero-order valence-corrected chi connectivity index (χ0v) is 15.6. The molecule has 0 spiro atoms. The van der Waals surface area contributed by atoms with Gasteiger partial charge < -0.3 is 13.8 Å². The molecule has 0 radical (unpaired) electrons. The number of aromatic nitrogens is 3. The molecular weight excluding hydrogens is 400 g/mol. The Morgan fingerprint density at radius 1 is 1.00 bits per heavy atom. The first kappa shape index (κ1) is 18.8. The van der Waals surface area contributed by atoms with Gasteiger partial charge in [-0.3, -0.25) is 10.1 Å². The summed E-state index contributed by atoms with van der Waals surface area (Å²) in [4.78, 5) is 14.3. The van der Waals surface area contributed by atoms with Crippen LogP contribution in [0, 0.1) is 10.1 Å². The fourth-order valence-corrected chi connectivity index (χ4v) is 2.82. The first-order valence-corrected chi connectivity index (χ1v) is 8.82. The number of halogens is 1. The molecule has 9 nitrogen and oxygen atoms in total. The summed E-state index contributed by atoms with van der Waals surface area (Å²) in [5, 5.41) is 19.0. The van der Waals surface area contributed by atoms with E-state index in [0.29, 0.717) is 39.2 Å². The first-order chi connectivity index (χ1) is 14.1. The van der Waals surface area contributed by atoms with Gasteiger partial charge in [0.1, 0.15) is 29.8 Å². The van der Waals surface area contributed by atoms with Crippen LogP contribution in [0.4, 0.5) is 5.69 Å². The number of ether oxygens (including phenoxy) is 1. The molecule has 0 aliphatic heterocycles. The van der Waals surface area contributed by atoms with Crippen molar-refractivity contribution in [3.8, 4) is 22.5 Å². The Bertz CT molecular complexity index is 1140. The van der Waals surface area contributed by atoms with Crippen LogP contribution < -0.4 is 0 Å². The minimum Gasteiger partial charge on any atom is -0.365 e. The van der Waals surface area contributed by atoms with Crippen LogP contribution in [0.25, 0.3) is 22.5 Å². The number of non-ortho nitro benzene ring substituents is 1. The molecule has 10 heteroatoms. The third kappa shape index (κ3) is 4.31. The summed E-state index contributed by atoms with van der Waals surface area (Å²) in [6.07, 6.45) is 1.60. The van der Waals surface area contributed by atoms with Gasteiger partial charge >= 0.3 is 0 Å². The van der Waals surface area contributed by atoms with Crippen LogP contribution in [-0.4, -0.2) is 20.2 Å². The lowest BCUT2D eigenvalue weighted by Crippen LogP contribution is -1.91. The highest BCUT2D eigenvalue weighted by molar-refractivity contribution is 6.32. The van der Waals surface area contributed by atoms with Crippen molar-refractivity contribution in [2.75, 3.05) is 0 Å². The first-order valence-electron chi connectivity index (χ1n) is 8.45. The van der Waals surface area contributed by atoms with Gasteiger partial charge in [-0.1, -0.05) is 21.9 Å². The van der Waals surface area contributed by atoms with E-state index in [1.165, 1.54) is 12.1 Å². The van der Waals surface area contributed by atoms with Crippen molar-refractivity contribution in [2.24, 2.45) is 0 Å². The summed E-state index contributed by atoms with van der Waals surface area (Å²) >= 11 is 6.05. The molecule has 0 amide bonds. The standard InChI is InChI=1S/C19H13ClN4O5/c20-19-16(2-1-7-21-19)18-9-15(29-23-18)11-27-10-14-8-17(22-28-14)12-3-5-13(6-4-12)24(25)26/h1-9H,10-11H2. The minimum absolute atomic E-state index is 0.0137. The second-order valence-corrected chi connectivity index (χ2v) is 6.35. The Morgan fingerprint density at radius 3 is 2.31 bits per heavy atom. The Hall–Kier alpha value is -3.56. The topological polar surface area (TPSA) is 117 Å². The van der Waals surface area contributed by atoms with Crippen LogP contribution in [0.5, 0.6) is 0 Å². The fraction of sp³-hybridized carbons (Fsp3) is 0.105. The van der Waals surface area contributed by atoms with Crippen LogP contribution in [0.1, 0.15) is 11.5 Å². The Balaban J connectivity index is 1.35.